The SMILES string of the molecule is CCc1nc2ccc(C(=O)O)cc2c(NCc2ccc(-c3ccccc3-c3nnnn3C(c3ccccc3)(c3ccccc3)c3ccccc3)cc2)c1CC. The van der Waals surface area contributed by atoms with Gasteiger partial charge in [0.2, 0.25) is 0 Å². The third-order valence-corrected chi connectivity index (χ3v) is 10.4. The number of nitrogens with zero attached hydrogens (tertiary/aromatic N) is 5. The molecule has 6 aromatic carbocycles. The molecule has 0 aliphatic carbocycles. The summed E-state index contributed by atoms with van der Waals surface area (Å²) in [7, 11) is 0. The minimum Gasteiger partial charge on any atom is -0.478 e. The Balaban J connectivity index is 1.19. The van der Waals surface area contributed by atoms with Gasteiger partial charge in [0.1, 0.15) is 5.54 Å². The Morgan fingerprint density at radius 1 is 0.691 bits per heavy atom. The summed E-state index contributed by atoms with van der Waals surface area (Å²) >= 11 is 0. The van der Waals surface area contributed by atoms with E-state index in [-0.39, 0.29) is 5.56 Å². The van der Waals surface area contributed by atoms with Crippen molar-refractivity contribution in [1.29, 1.82) is 0 Å². The van der Waals surface area contributed by atoms with E-state index in [0.29, 0.717) is 12.4 Å². The van der Waals surface area contributed by atoms with Gasteiger partial charge in [-0.3, -0.25) is 4.98 Å². The van der Waals surface area contributed by atoms with Gasteiger partial charge in [-0.1, -0.05) is 153 Å². The number of carboxylic acid groups (broad SMARTS) is 1. The number of hydrogen-bond acceptors (Lipinski definition) is 6. The summed E-state index contributed by atoms with van der Waals surface area (Å²) in [5.74, 6) is -0.316. The average molecular weight is 721 g/mol. The molecule has 0 amide bonds. The lowest BCUT2D eigenvalue weighted by Crippen LogP contribution is -2.39. The molecule has 55 heavy (non-hydrogen) atoms. The first kappa shape index (κ1) is 35.1. The first-order chi connectivity index (χ1) is 27.0. The molecule has 2 heterocycles. The van der Waals surface area contributed by atoms with E-state index in [4.69, 9.17) is 15.3 Å². The minimum absolute atomic E-state index is 0.242. The molecule has 0 saturated heterocycles. The van der Waals surface area contributed by atoms with Crippen molar-refractivity contribution in [1.82, 2.24) is 25.2 Å². The summed E-state index contributed by atoms with van der Waals surface area (Å²) in [5.41, 5.74) is 10.3. The molecule has 2 aromatic heterocycles. The smallest absolute Gasteiger partial charge is 0.335 e. The molecule has 2 N–H and O–H groups in total. The number of benzene rings is 6. The number of carbonyl (C=O) groups is 1. The number of anilines is 1. The number of aromatic nitrogens is 5. The van der Waals surface area contributed by atoms with Crippen molar-refractivity contribution in [3.05, 3.63) is 197 Å². The second-order valence-corrected chi connectivity index (χ2v) is 13.5. The van der Waals surface area contributed by atoms with Gasteiger partial charge in [-0.05, 0) is 80.4 Å². The fourth-order valence-corrected chi connectivity index (χ4v) is 7.77. The molecule has 0 saturated carbocycles. The Hall–Kier alpha value is -6.93. The average Bonchev–Trinajstić information content (AvgIpc) is 3.74. The van der Waals surface area contributed by atoms with Crippen LogP contribution in [0.1, 0.15) is 57.7 Å². The molecule has 0 spiro atoms. The van der Waals surface area contributed by atoms with E-state index >= 15 is 0 Å². The van der Waals surface area contributed by atoms with Gasteiger partial charge in [0.15, 0.2) is 5.82 Å². The van der Waals surface area contributed by atoms with Crippen molar-refractivity contribution in [2.75, 3.05) is 5.32 Å². The van der Waals surface area contributed by atoms with Gasteiger partial charge in [-0.2, -0.15) is 0 Å². The maximum Gasteiger partial charge on any atom is 0.335 e. The molecule has 0 aliphatic rings. The van der Waals surface area contributed by atoms with Crippen LogP contribution >= 0.6 is 0 Å². The molecule has 0 unspecified atom stereocenters. The van der Waals surface area contributed by atoms with Gasteiger partial charge in [0, 0.05) is 28.9 Å². The van der Waals surface area contributed by atoms with Gasteiger partial charge in [0.25, 0.3) is 0 Å². The van der Waals surface area contributed by atoms with Crippen molar-refractivity contribution in [2.24, 2.45) is 0 Å². The van der Waals surface area contributed by atoms with Crippen LogP contribution in [0.25, 0.3) is 33.4 Å². The normalized spacial score (nSPS) is 11.5. The van der Waals surface area contributed by atoms with Crippen molar-refractivity contribution in [2.45, 2.75) is 38.8 Å². The molecule has 8 rings (SSSR count). The number of tetrazole rings is 1. The summed E-state index contributed by atoms with van der Waals surface area (Å²) in [4.78, 5) is 16.7. The Morgan fingerprint density at radius 2 is 1.27 bits per heavy atom. The number of rotatable bonds is 12. The fourth-order valence-electron chi connectivity index (χ4n) is 7.77. The van der Waals surface area contributed by atoms with Crippen LogP contribution in [0.15, 0.2) is 158 Å². The van der Waals surface area contributed by atoms with Gasteiger partial charge in [0.05, 0.1) is 11.1 Å². The summed E-state index contributed by atoms with van der Waals surface area (Å²) in [6, 6.07) is 53.1. The third kappa shape index (κ3) is 6.42. The maximum atomic E-state index is 11.9. The van der Waals surface area contributed by atoms with Crippen molar-refractivity contribution in [3.63, 3.8) is 0 Å². The molecule has 0 aliphatic heterocycles. The highest BCUT2D eigenvalue weighted by atomic mass is 16.4. The lowest BCUT2D eigenvalue weighted by atomic mass is 9.77. The molecule has 0 atom stereocenters. The first-order valence-electron chi connectivity index (χ1n) is 18.6. The zero-order valence-electron chi connectivity index (χ0n) is 30.7. The van der Waals surface area contributed by atoms with E-state index in [0.717, 1.165) is 79.6 Å². The Bertz CT molecular complexity index is 2490. The van der Waals surface area contributed by atoms with Gasteiger partial charge in [-0.15, -0.1) is 5.10 Å². The monoisotopic (exact) mass is 720 g/mol. The van der Waals surface area contributed by atoms with Crippen LogP contribution in [-0.2, 0) is 24.9 Å². The second-order valence-electron chi connectivity index (χ2n) is 13.5. The second kappa shape index (κ2) is 15.2. The number of nitrogens with one attached hydrogen (secondary N) is 1. The van der Waals surface area contributed by atoms with Crippen LogP contribution in [0.3, 0.4) is 0 Å². The van der Waals surface area contributed by atoms with Crippen LogP contribution in [0.2, 0.25) is 0 Å². The molecule has 270 valence electrons. The number of aryl methyl sites for hydroxylation is 1. The number of aromatic carboxylic acids is 1. The maximum absolute atomic E-state index is 11.9. The summed E-state index contributed by atoms with van der Waals surface area (Å²) in [5, 5.41) is 28.0. The highest BCUT2D eigenvalue weighted by Crippen LogP contribution is 2.43. The number of carboxylic acids is 1. The van der Waals surface area contributed by atoms with Crippen LogP contribution in [0.4, 0.5) is 5.69 Å². The molecule has 0 fully saturated rings. The highest BCUT2D eigenvalue weighted by Gasteiger charge is 2.42. The van der Waals surface area contributed by atoms with Gasteiger partial charge in [-0.25, -0.2) is 9.48 Å². The Kier molecular flexibility index (Phi) is 9.71. The van der Waals surface area contributed by atoms with Crippen molar-refractivity contribution in [3.8, 4) is 22.5 Å². The van der Waals surface area contributed by atoms with E-state index in [9.17, 15) is 9.90 Å². The fraction of sp³-hybridized carbons (Fsp3) is 0.128. The number of pyridine rings is 1. The lowest BCUT2D eigenvalue weighted by Gasteiger charge is -2.36. The van der Waals surface area contributed by atoms with Crippen molar-refractivity contribution < 1.29 is 9.90 Å². The van der Waals surface area contributed by atoms with E-state index in [1.54, 1.807) is 18.2 Å². The van der Waals surface area contributed by atoms with Crippen LogP contribution in [0, 0.1) is 0 Å². The van der Waals surface area contributed by atoms with Gasteiger partial charge < -0.3 is 10.4 Å². The zero-order chi connectivity index (χ0) is 37.8. The third-order valence-electron chi connectivity index (χ3n) is 10.4. The summed E-state index contributed by atoms with van der Waals surface area (Å²) in [6.07, 6.45) is 1.57. The molecule has 8 nitrogen and oxygen atoms in total. The zero-order valence-corrected chi connectivity index (χ0v) is 30.7. The largest absolute Gasteiger partial charge is 0.478 e. The van der Waals surface area contributed by atoms with E-state index in [2.05, 4.69) is 134 Å². The van der Waals surface area contributed by atoms with Gasteiger partial charge >= 0.3 is 5.97 Å². The highest BCUT2D eigenvalue weighted by molar-refractivity contribution is 5.99. The van der Waals surface area contributed by atoms with Crippen LogP contribution in [0.5, 0.6) is 0 Å². The molecule has 0 radical (unpaired) electrons. The number of fused-ring (bicyclic) bond motifs is 1. The number of hydrogen-bond donors (Lipinski definition) is 2. The predicted molar refractivity (Wildman–Crippen MR) is 218 cm³/mol. The lowest BCUT2D eigenvalue weighted by molar-refractivity contribution is 0.0697. The van der Waals surface area contributed by atoms with Crippen LogP contribution < -0.4 is 5.32 Å². The first-order valence-corrected chi connectivity index (χ1v) is 18.6. The quantitative estimate of drug-likeness (QED) is 0.121. The van der Waals surface area contributed by atoms with E-state index in [1.807, 2.05) is 35.0 Å². The van der Waals surface area contributed by atoms with Crippen molar-refractivity contribution >= 4 is 22.6 Å². The molecule has 0 bridgehead atoms. The van der Waals surface area contributed by atoms with Crippen LogP contribution in [-0.4, -0.2) is 36.3 Å². The molecule has 8 heteroatoms. The molecular formula is C47H40N6O2. The van der Waals surface area contributed by atoms with E-state index in [1.165, 1.54) is 0 Å². The molecule has 8 aromatic rings. The topological polar surface area (TPSA) is 106 Å². The summed E-state index contributed by atoms with van der Waals surface area (Å²) < 4.78 is 1.97. The summed E-state index contributed by atoms with van der Waals surface area (Å²) in [6.45, 7) is 4.77. The Morgan fingerprint density at radius 3 is 1.84 bits per heavy atom. The van der Waals surface area contributed by atoms with E-state index < -0.39 is 11.5 Å². The molecular weight excluding hydrogens is 681 g/mol. The minimum atomic E-state index is -0.957. The standard InChI is InChI=1S/C47H40N6O2/c1-3-38-42(4-2)49-43-29-28-34(46(54)55)30-41(43)44(38)48-31-32-24-26-33(27-25-32)39-22-14-15-23-40(39)45-50-51-52-53(45)47(35-16-8-5-9-17-35,36-18-10-6-11-19-36)37-20-12-7-13-21-37/h5-30H,3-4,31H2,1-2H3,(H,48,49)(H,54,55). The predicted octanol–water partition coefficient (Wildman–Crippen LogP) is 9.83. The Labute approximate surface area is 320 Å².